The van der Waals surface area contributed by atoms with Crippen LogP contribution in [-0.4, -0.2) is 6.61 Å². The van der Waals surface area contributed by atoms with Gasteiger partial charge in [0, 0.05) is 0 Å². The second-order valence-electron chi connectivity index (χ2n) is 4.32. The monoisotopic (exact) mass is 207 g/mol. The van der Waals surface area contributed by atoms with Crippen molar-refractivity contribution in [3.63, 3.8) is 0 Å². The van der Waals surface area contributed by atoms with Crippen LogP contribution in [0.4, 0.5) is 5.69 Å². The van der Waals surface area contributed by atoms with Gasteiger partial charge in [0.2, 0.25) is 0 Å². The summed E-state index contributed by atoms with van der Waals surface area (Å²) in [6.07, 6.45) is 1.13. The Hall–Kier alpha value is -1.18. The summed E-state index contributed by atoms with van der Waals surface area (Å²) in [7, 11) is 0. The van der Waals surface area contributed by atoms with Crippen LogP contribution in [0.3, 0.4) is 0 Å². The highest BCUT2D eigenvalue weighted by Crippen LogP contribution is 2.27. The lowest BCUT2D eigenvalue weighted by molar-refractivity contribution is 0.256. The van der Waals surface area contributed by atoms with Gasteiger partial charge in [-0.25, -0.2) is 0 Å². The van der Waals surface area contributed by atoms with Gasteiger partial charge in [-0.3, -0.25) is 0 Å². The van der Waals surface area contributed by atoms with Gasteiger partial charge in [-0.15, -0.1) is 0 Å². The van der Waals surface area contributed by atoms with Crippen molar-refractivity contribution >= 4 is 5.69 Å². The fraction of sp³-hybridized carbons (Fsp3) is 0.538. The van der Waals surface area contributed by atoms with Gasteiger partial charge in [-0.05, 0) is 37.0 Å². The highest BCUT2D eigenvalue weighted by atomic mass is 16.5. The zero-order chi connectivity index (χ0) is 11.4. The lowest BCUT2D eigenvalue weighted by Crippen LogP contribution is -2.09. The summed E-state index contributed by atoms with van der Waals surface area (Å²) >= 11 is 0. The average molecular weight is 207 g/mol. The summed E-state index contributed by atoms with van der Waals surface area (Å²) in [5.41, 5.74) is 8.97. The molecule has 2 heteroatoms. The average Bonchev–Trinajstić information content (AvgIpc) is 2.15. The summed E-state index contributed by atoms with van der Waals surface area (Å²) in [5, 5.41) is 0. The van der Waals surface area contributed by atoms with Crippen molar-refractivity contribution in [2.45, 2.75) is 34.1 Å². The van der Waals surface area contributed by atoms with Crippen LogP contribution in [0.1, 0.15) is 31.4 Å². The number of hydrogen-bond donors (Lipinski definition) is 1. The van der Waals surface area contributed by atoms with Crippen molar-refractivity contribution in [3.05, 3.63) is 23.3 Å². The van der Waals surface area contributed by atoms with Gasteiger partial charge in [0.15, 0.2) is 0 Å². The van der Waals surface area contributed by atoms with E-state index in [1.165, 1.54) is 5.56 Å². The molecule has 0 bridgehead atoms. The summed E-state index contributed by atoms with van der Waals surface area (Å²) in [6.45, 7) is 9.17. The number of benzene rings is 1. The van der Waals surface area contributed by atoms with Gasteiger partial charge in [0.25, 0.3) is 0 Å². The third-order valence-electron chi connectivity index (χ3n) is 2.66. The van der Waals surface area contributed by atoms with Crippen LogP contribution in [0.2, 0.25) is 0 Å². The van der Waals surface area contributed by atoms with Crippen molar-refractivity contribution in [2.75, 3.05) is 12.3 Å². The highest BCUT2D eigenvalue weighted by Gasteiger charge is 2.07. The number of anilines is 1. The van der Waals surface area contributed by atoms with E-state index in [4.69, 9.17) is 10.5 Å². The molecule has 0 aliphatic rings. The van der Waals surface area contributed by atoms with E-state index < -0.39 is 0 Å². The van der Waals surface area contributed by atoms with Crippen molar-refractivity contribution in [2.24, 2.45) is 5.92 Å². The summed E-state index contributed by atoms with van der Waals surface area (Å²) in [4.78, 5) is 0. The molecule has 0 amide bonds. The number of aryl methyl sites for hydroxylation is 2. The minimum absolute atomic E-state index is 0.574. The molecular formula is C13H21NO. The first-order valence-electron chi connectivity index (χ1n) is 5.54. The minimum atomic E-state index is 0.574. The molecule has 0 fully saturated rings. The van der Waals surface area contributed by atoms with E-state index in [-0.39, 0.29) is 0 Å². The van der Waals surface area contributed by atoms with E-state index in [1.54, 1.807) is 0 Å². The Morgan fingerprint density at radius 3 is 2.53 bits per heavy atom. The van der Waals surface area contributed by atoms with Crippen molar-refractivity contribution in [1.82, 2.24) is 0 Å². The molecule has 1 atom stereocenters. The van der Waals surface area contributed by atoms with E-state index >= 15 is 0 Å². The topological polar surface area (TPSA) is 35.2 Å². The van der Waals surface area contributed by atoms with Crippen molar-refractivity contribution in [1.29, 1.82) is 0 Å². The summed E-state index contributed by atoms with van der Waals surface area (Å²) in [6, 6.07) is 4.06. The second-order valence-corrected chi connectivity index (χ2v) is 4.32. The van der Waals surface area contributed by atoms with E-state index in [1.807, 2.05) is 19.9 Å². The first-order chi connectivity index (χ1) is 7.04. The first kappa shape index (κ1) is 11.9. The van der Waals surface area contributed by atoms with E-state index in [9.17, 15) is 0 Å². The maximum Gasteiger partial charge on any atom is 0.145 e. The number of nitrogen functional groups attached to an aromatic ring is 1. The van der Waals surface area contributed by atoms with Gasteiger partial charge in [0.1, 0.15) is 5.75 Å². The van der Waals surface area contributed by atoms with E-state index in [2.05, 4.69) is 19.9 Å². The van der Waals surface area contributed by atoms with Crippen LogP contribution >= 0.6 is 0 Å². The standard InChI is InChI=1S/C13H21NO/c1-5-9(2)8-15-13-11(4)6-10(3)7-12(13)14/h6-7,9H,5,8,14H2,1-4H3. The molecule has 15 heavy (non-hydrogen) atoms. The smallest absolute Gasteiger partial charge is 0.145 e. The molecule has 0 saturated heterocycles. The second kappa shape index (κ2) is 5.06. The largest absolute Gasteiger partial charge is 0.491 e. The summed E-state index contributed by atoms with van der Waals surface area (Å²) in [5.74, 6) is 1.42. The number of hydrogen-bond acceptors (Lipinski definition) is 2. The third kappa shape index (κ3) is 3.15. The zero-order valence-electron chi connectivity index (χ0n) is 10.1. The SMILES string of the molecule is CCC(C)COc1c(C)cc(C)cc1N. The van der Waals surface area contributed by atoms with Gasteiger partial charge in [0.05, 0.1) is 12.3 Å². The van der Waals surface area contributed by atoms with E-state index in [0.717, 1.165) is 30.0 Å². The van der Waals surface area contributed by atoms with Crippen LogP contribution in [0.15, 0.2) is 12.1 Å². The zero-order valence-corrected chi connectivity index (χ0v) is 10.1. The molecule has 1 rings (SSSR count). The van der Waals surface area contributed by atoms with Crippen LogP contribution in [-0.2, 0) is 0 Å². The lowest BCUT2D eigenvalue weighted by atomic mass is 10.1. The molecule has 0 aliphatic heterocycles. The summed E-state index contributed by atoms with van der Waals surface area (Å²) < 4.78 is 5.75. The van der Waals surface area contributed by atoms with Crippen LogP contribution in [0, 0.1) is 19.8 Å². The molecule has 2 nitrogen and oxygen atoms in total. The van der Waals surface area contributed by atoms with Gasteiger partial charge in [-0.2, -0.15) is 0 Å². The Balaban J connectivity index is 2.77. The van der Waals surface area contributed by atoms with Gasteiger partial charge < -0.3 is 10.5 Å². The lowest BCUT2D eigenvalue weighted by Gasteiger charge is -2.15. The molecule has 1 aromatic carbocycles. The van der Waals surface area contributed by atoms with Crippen LogP contribution in [0.25, 0.3) is 0 Å². The molecule has 1 aromatic rings. The maximum atomic E-state index is 5.92. The van der Waals surface area contributed by atoms with Gasteiger partial charge >= 0.3 is 0 Å². The maximum absolute atomic E-state index is 5.92. The number of rotatable bonds is 4. The molecule has 0 radical (unpaired) electrons. The molecule has 84 valence electrons. The molecule has 0 saturated carbocycles. The molecule has 0 aliphatic carbocycles. The predicted octanol–water partition coefficient (Wildman–Crippen LogP) is 3.31. The Labute approximate surface area is 92.4 Å². The number of nitrogens with two attached hydrogens (primary N) is 1. The normalized spacial score (nSPS) is 12.5. The van der Waals surface area contributed by atoms with Crippen molar-refractivity contribution < 1.29 is 4.74 Å². The highest BCUT2D eigenvalue weighted by molar-refractivity contribution is 5.58. The molecule has 0 aromatic heterocycles. The molecule has 0 heterocycles. The fourth-order valence-electron chi connectivity index (χ4n) is 1.53. The molecule has 2 N–H and O–H groups in total. The predicted molar refractivity (Wildman–Crippen MR) is 65.3 cm³/mol. The Morgan fingerprint density at radius 2 is 2.00 bits per heavy atom. The third-order valence-corrected chi connectivity index (χ3v) is 2.66. The molecular weight excluding hydrogens is 186 g/mol. The quantitative estimate of drug-likeness (QED) is 0.769. The molecule has 0 spiro atoms. The fourth-order valence-corrected chi connectivity index (χ4v) is 1.53. The van der Waals surface area contributed by atoms with E-state index in [0.29, 0.717) is 5.92 Å². The Morgan fingerprint density at radius 1 is 1.33 bits per heavy atom. The van der Waals surface area contributed by atoms with Crippen LogP contribution < -0.4 is 10.5 Å². The minimum Gasteiger partial charge on any atom is -0.491 e. The molecule has 1 unspecified atom stereocenters. The Bertz CT molecular complexity index is 310. The first-order valence-corrected chi connectivity index (χ1v) is 5.54. The van der Waals surface area contributed by atoms with Crippen molar-refractivity contribution in [3.8, 4) is 5.75 Å². The van der Waals surface area contributed by atoms with Gasteiger partial charge in [-0.1, -0.05) is 26.3 Å². The van der Waals surface area contributed by atoms with Crippen LogP contribution in [0.5, 0.6) is 5.75 Å². The number of ether oxygens (including phenoxy) is 1. The Kier molecular flexibility index (Phi) is 4.01.